The van der Waals surface area contributed by atoms with E-state index in [1.54, 1.807) is 12.1 Å². The van der Waals surface area contributed by atoms with Crippen molar-refractivity contribution in [2.45, 2.75) is 6.42 Å². The van der Waals surface area contributed by atoms with Gasteiger partial charge in [-0.2, -0.15) is 0 Å². The van der Waals surface area contributed by atoms with Gasteiger partial charge in [0.2, 0.25) is 11.6 Å². The number of carbonyl (C=O) groups is 2. The standard InChI is InChI=1S/C17H10Cl2O2/c18-14-15(19)17(21)13-9-11(6-7-12(13)16(14)20)8-10-4-2-1-3-5-10/h1-7,9H,8H2. The van der Waals surface area contributed by atoms with Crippen molar-refractivity contribution in [3.8, 4) is 0 Å². The minimum atomic E-state index is -0.400. The van der Waals surface area contributed by atoms with Crippen LogP contribution in [0.4, 0.5) is 0 Å². The molecule has 0 spiro atoms. The summed E-state index contributed by atoms with van der Waals surface area (Å²) in [5.74, 6) is -0.797. The van der Waals surface area contributed by atoms with Crippen LogP contribution in [-0.4, -0.2) is 11.6 Å². The van der Waals surface area contributed by atoms with E-state index in [1.807, 2.05) is 36.4 Å². The van der Waals surface area contributed by atoms with Crippen molar-refractivity contribution in [2.75, 3.05) is 0 Å². The molecule has 0 aromatic heterocycles. The van der Waals surface area contributed by atoms with Crippen LogP contribution < -0.4 is 0 Å². The van der Waals surface area contributed by atoms with Gasteiger partial charge in [0.1, 0.15) is 10.1 Å². The number of hydrogen-bond acceptors (Lipinski definition) is 2. The van der Waals surface area contributed by atoms with Gasteiger partial charge in [-0.15, -0.1) is 0 Å². The summed E-state index contributed by atoms with van der Waals surface area (Å²) in [6, 6.07) is 15.1. The average molecular weight is 317 g/mol. The van der Waals surface area contributed by atoms with Crippen molar-refractivity contribution in [3.05, 3.63) is 80.8 Å². The van der Waals surface area contributed by atoms with Gasteiger partial charge < -0.3 is 0 Å². The maximum atomic E-state index is 12.2. The highest BCUT2D eigenvalue weighted by Gasteiger charge is 2.30. The minimum absolute atomic E-state index is 0.203. The molecule has 0 fully saturated rings. The molecular formula is C17H10Cl2O2. The van der Waals surface area contributed by atoms with E-state index in [9.17, 15) is 9.59 Å². The smallest absolute Gasteiger partial charge is 0.206 e. The fourth-order valence-corrected chi connectivity index (χ4v) is 2.73. The molecule has 1 aliphatic rings. The molecule has 21 heavy (non-hydrogen) atoms. The Bertz CT molecular complexity index is 777. The third kappa shape index (κ3) is 2.53. The Labute approximate surface area is 132 Å². The summed E-state index contributed by atoms with van der Waals surface area (Å²) >= 11 is 11.6. The molecular weight excluding hydrogens is 307 g/mol. The number of ketones is 2. The fourth-order valence-electron chi connectivity index (χ4n) is 2.35. The molecule has 0 amide bonds. The van der Waals surface area contributed by atoms with Crippen molar-refractivity contribution in [2.24, 2.45) is 0 Å². The zero-order valence-electron chi connectivity index (χ0n) is 10.9. The first-order valence-electron chi connectivity index (χ1n) is 6.39. The predicted octanol–water partition coefficient (Wildman–Crippen LogP) is 4.35. The molecule has 0 N–H and O–H groups in total. The summed E-state index contributed by atoms with van der Waals surface area (Å²) < 4.78 is 0. The van der Waals surface area contributed by atoms with Crippen molar-refractivity contribution >= 4 is 34.8 Å². The Kier molecular flexibility index (Phi) is 3.66. The van der Waals surface area contributed by atoms with Crippen LogP contribution in [0.2, 0.25) is 0 Å². The van der Waals surface area contributed by atoms with Crippen LogP contribution in [0.5, 0.6) is 0 Å². The highest BCUT2D eigenvalue weighted by Crippen LogP contribution is 2.31. The van der Waals surface area contributed by atoms with Crippen molar-refractivity contribution < 1.29 is 9.59 Å². The molecule has 0 unspecified atom stereocenters. The molecule has 0 atom stereocenters. The Hall–Kier alpha value is -1.90. The van der Waals surface area contributed by atoms with E-state index in [0.717, 1.165) is 11.1 Å². The number of fused-ring (bicyclic) bond motifs is 1. The van der Waals surface area contributed by atoms with Crippen molar-refractivity contribution in [1.82, 2.24) is 0 Å². The molecule has 3 rings (SSSR count). The van der Waals surface area contributed by atoms with Gasteiger partial charge in [-0.3, -0.25) is 9.59 Å². The van der Waals surface area contributed by atoms with Gasteiger partial charge in [0, 0.05) is 11.1 Å². The second-order valence-electron chi connectivity index (χ2n) is 4.83. The van der Waals surface area contributed by atoms with Gasteiger partial charge in [-0.1, -0.05) is 59.6 Å². The first-order chi connectivity index (χ1) is 10.1. The SMILES string of the molecule is O=C1C(Cl)=C(Cl)C(=O)c2cc(Cc3ccccc3)ccc21. The van der Waals surface area contributed by atoms with Gasteiger partial charge in [0.05, 0.1) is 0 Å². The lowest BCUT2D eigenvalue weighted by molar-refractivity contribution is 0.0987. The van der Waals surface area contributed by atoms with Gasteiger partial charge in [0.25, 0.3) is 0 Å². The molecule has 2 aromatic carbocycles. The molecule has 0 radical (unpaired) electrons. The topological polar surface area (TPSA) is 34.1 Å². The van der Waals surface area contributed by atoms with Crippen LogP contribution in [0.25, 0.3) is 0 Å². The number of halogens is 2. The van der Waals surface area contributed by atoms with Gasteiger partial charge in [-0.05, 0) is 29.7 Å². The molecule has 1 aliphatic carbocycles. The zero-order valence-corrected chi connectivity index (χ0v) is 12.4. The lowest BCUT2D eigenvalue weighted by Crippen LogP contribution is -2.18. The Balaban J connectivity index is 2.01. The summed E-state index contributed by atoms with van der Waals surface area (Å²) in [7, 11) is 0. The van der Waals surface area contributed by atoms with E-state index < -0.39 is 11.6 Å². The third-order valence-electron chi connectivity index (χ3n) is 3.42. The van der Waals surface area contributed by atoms with Crippen LogP contribution in [0, 0.1) is 0 Å². The summed E-state index contributed by atoms with van der Waals surface area (Å²) in [4.78, 5) is 24.2. The number of allylic oxidation sites excluding steroid dienone is 2. The molecule has 2 nitrogen and oxygen atoms in total. The van der Waals surface area contributed by atoms with Crippen LogP contribution in [0.1, 0.15) is 31.8 Å². The number of benzene rings is 2. The van der Waals surface area contributed by atoms with E-state index in [1.165, 1.54) is 0 Å². The van der Waals surface area contributed by atoms with E-state index in [0.29, 0.717) is 17.5 Å². The maximum absolute atomic E-state index is 12.2. The summed E-state index contributed by atoms with van der Waals surface area (Å²) in [6.07, 6.45) is 0.685. The molecule has 0 saturated carbocycles. The zero-order chi connectivity index (χ0) is 15.0. The second kappa shape index (κ2) is 5.47. The molecule has 2 aromatic rings. The largest absolute Gasteiger partial charge is 0.288 e. The summed E-state index contributed by atoms with van der Waals surface area (Å²) in [6.45, 7) is 0. The lowest BCUT2D eigenvalue weighted by Gasteiger charge is -2.15. The summed E-state index contributed by atoms with van der Waals surface area (Å²) in [5, 5.41) is -0.406. The normalized spacial score (nSPS) is 14.4. The van der Waals surface area contributed by atoms with Gasteiger partial charge in [0.15, 0.2) is 0 Å². The van der Waals surface area contributed by atoms with Crippen LogP contribution in [-0.2, 0) is 6.42 Å². The highest BCUT2D eigenvalue weighted by molar-refractivity contribution is 6.59. The number of carbonyl (C=O) groups excluding carboxylic acids is 2. The average Bonchev–Trinajstić information content (AvgIpc) is 2.52. The highest BCUT2D eigenvalue weighted by atomic mass is 35.5. The van der Waals surface area contributed by atoms with E-state index in [-0.39, 0.29) is 10.1 Å². The van der Waals surface area contributed by atoms with E-state index in [2.05, 4.69) is 0 Å². The Morgan fingerprint density at radius 3 is 2.00 bits per heavy atom. The monoisotopic (exact) mass is 316 g/mol. The first-order valence-corrected chi connectivity index (χ1v) is 7.15. The molecule has 4 heteroatoms. The maximum Gasteiger partial charge on any atom is 0.206 e. The Morgan fingerprint density at radius 2 is 1.33 bits per heavy atom. The van der Waals surface area contributed by atoms with E-state index in [4.69, 9.17) is 23.2 Å². The van der Waals surface area contributed by atoms with Crippen LogP contribution in [0.15, 0.2) is 58.6 Å². The fraction of sp³-hybridized carbons (Fsp3) is 0.0588. The lowest BCUT2D eigenvalue weighted by atomic mass is 9.91. The second-order valence-corrected chi connectivity index (χ2v) is 5.58. The number of rotatable bonds is 2. The van der Waals surface area contributed by atoms with Crippen molar-refractivity contribution in [1.29, 1.82) is 0 Å². The van der Waals surface area contributed by atoms with E-state index >= 15 is 0 Å². The van der Waals surface area contributed by atoms with Crippen LogP contribution >= 0.6 is 23.2 Å². The minimum Gasteiger partial charge on any atom is -0.288 e. The molecule has 0 bridgehead atoms. The quantitative estimate of drug-likeness (QED) is 0.825. The third-order valence-corrected chi connectivity index (χ3v) is 4.23. The van der Waals surface area contributed by atoms with Crippen molar-refractivity contribution in [3.63, 3.8) is 0 Å². The molecule has 0 saturated heterocycles. The number of Topliss-reactive ketones (excluding diaryl/α,β-unsaturated/α-hetero) is 2. The first kappa shape index (κ1) is 14.1. The molecule has 0 aliphatic heterocycles. The number of hydrogen-bond donors (Lipinski definition) is 0. The van der Waals surface area contributed by atoms with Gasteiger partial charge in [-0.25, -0.2) is 0 Å². The summed E-state index contributed by atoms with van der Waals surface area (Å²) in [5.41, 5.74) is 2.71. The van der Waals surface area contributed by atoms with Crippen LogP contribution in [0.3, 0.4) is 0 Å². The predicted molar refractivity (Wildman–Crippen MR) is 83.1 cm³/mol. The Morgan fingerprint density at radius 1 is 0.714 bits per heavy atom. The molecule has 0 heterocycles. The molecule has 104 valence electrons. The van der Waals surface area contributed by atoms with Gasteiger partial charge >= 0.3 is 0 Å².